The molecule has 0 aromatic carbocycles. The first kappa shape index (κ1) is 19.7. The molecular weight excluding hydrogens is 372 g/mol. The fraction of sp³-hybridized carbons (Fsp3) is 0.500. The number of fused-ring (bicyclic) bond motifs is 1. The SMILES string of the molecule is CC(=O)OC(OC(C)=O)(OC(C)=O)C1=C(C(=O)O)N2C(=O)[C@@H](N)[C@H]2SC1. The number of β-lactam (4-membered cyclic amide) rings is 1. The number of rotatable bonds is 5. The number of esters is 3. The lowest BCUT2D eigenvalue weighted by Gasteiger charge is -2.49. The van der Waals surface area contributed by atoms with Gasteiger partial charge in [-0.2, -0.15) is 0 Å². The van der Waals surface area contributed by atoms with Gasteiger partial charge in [-0.15, -0.1) is 11.8 Å². The lowest BCUT2D eigenvalue weighted by molar-refractivity contribution is -0.307. The van der Waals surface area contributed by atoms with Crippen LogP contribution in [0, 0.1) is 0 Å². The molecule has 12 heteroatoms. The van der Waals surface area contributed by atoms with Crippen LogP contribution in [0.4, 0.5) is 0 Å². The van der Waals surface area contributed by atoms with Gasteiger partial charge >= 0.3 is 29.9 Å². The first-order valence-electron chi connectivity index (χ1n) is 7.26. The molecule has 3 N–H and O–H groups in total. The van der Waals surface area contributed by atoms with E-state index in [-0.39, 0.29) is 11.3 Å². The Kier molecular flexibility index (Phi) is 5.28. The minimum atomic E-state index is -2.74. The van der Waals surface area contributed by atoms with Crippen molar-refractivity contribution < 1.29 is 43.3 Å². The third-order valence-corrected chi connectivity index (χ3v) is 4.72. The quantitative estimate of drug-likeness (QED) is 0.334. The maximum Gasteiger partial charge on any atom is 0.452 e. The maximum atomic E-state index is 12.0. The second kappa shape index (κ2) is 6.96. The number of carbonyl (C=O) groups is 5. The number of aliphatic carboxylic acids is 1. The van der Waals surface area contributed by atoms with E-state index in [1.807, 2.05) is 0 Å². The van der Waals surface area contributed by atoms with Crippen molar-refractivity contribution in [3.63, 3.8) is 0 Å². The molecule has 2 rings (SSSR count). The summed E-state index contributed by atoms with van der Waals surface area (Å²) >= 11 is 1.05. The molecule has 1 fully saturated rings. The molecule has 0 aliphatic carbocycles. The second-order valence-electron chi connectivity index (χ2n) is 5.41. The number of hydrogen-bond donors (Lipinski definition) is 2. The van der Waals surface area contributed by atoms with Gasteiger partial charge in [-0.25, -0.2) is 4.79 Å². The van der Waals surface area contributed by atoms with Crippen LogP contribution in [0.25, 0.3) is 0 Å². The van der Waals surface area contributed by atoms with Crippen LogP contribution in [0.3, 0.4) is 0 Å². The van der Waals surface area contributed by atoms with Gasteiger partial charge in [0.05, 0.1) is 0 Å². The molecule has 0 radical (unpaired) electrons. The van der Waals surface area contributed by atoms with Gasteiger partial charge in [0.15, 0.2) is 0 Å². The number of carboxylic acid groups (broad SMARTS) is 1. The minimum absolute atomic E-state index is 0.183. The zero-order valence-electron chi connectivity index (χ0n) is 14.0. The minimum Gasteiger partial charge on any atom is -0.477 e. The van der Waals surface area contributed by atoms with Gasteiger partial charge in [-0.05, 0) is 0 Å². The summed E-state index contributed by atoms with van der Waals surface area (Å²) in [4.78, 5) is 59.3. The molecule has 0 unspecified atom stereocenters. The van der Waals surface area contributed by atoms with E-state index in [1.54, 1.807) is 0 Å². The highest BCUT2D eigenvalue weighted by atomic mass is 32.2. The predicted octanol–water partition coefficient (Wildman–Crippen LogP) is -1.09. The molecule has 0 bridgehead atoms. The Bertz CT molecular complexity index is 691. The number of nitrogens with two attached hydrogens (primary N) is 1. The zero-order valence-corrected chi connectivity index (χ0v) is 14.8. The lowest BCUT2D eigenvalue weighted by atomic mass is 10.0. The molecular formula is C14H16N2O9S. The van der Waals surface area contributed by atoms with Crippen molar-refractivity contribution in [2.75, 3.05) is 5.75 Å². The number of carbonyl (C=O) groups excluding carboxylic acids is 4. The Morgan fingerprint density at radius 1 is 1.12 bits per heavy atom. The van der Waals surface area contributed by atoms with Crippen molar-refractivity contribution in [2.45, 2.75) is 38.2 Å². The predicted molar refractivity (Wildman–Crippen MR) is 83.8 cm³/mol. The van der Waals surface area contributed by atoms with E-state index in [2.05, 4.69) is 0 Å². The van der Waals surface area contributed by atoms with Crippen molar-refractivity contribution in [3.8, 4) is 0 Å². The fourth-order valence-corrected chi connectivity index (χ4v) is 3.90. The molecule has 2 aliphatic heterocycles. The third kappa shape index (κ3) is 3.37. The average molecular weight is 388 g/mol. The van der Waals surface area contributed by atoms with E-state index in [0.717, 1.165) is 37.4 Å². The van der Waals surface area contributed by atoms with E-state index in [0.29, 0.717) is 0 Å². The first-order chi connectivity index (χ1) is 12.0. The van der Waals surface area contributed by atoms with Crippen molar-refractivity contribution in [1.29, 1.82) is 0 Å². The molecule has 142 valence electrons. The number of thioether (sulfide) groups is 1. The van der Waals surface area contributed by atoms with Crippen LogP contribution >= 0.6 is 11.8 Å². The summed E-state index contributed by atoms with van der Waals surface area (Å²) < 4.78 is 14.8. The van der Waals surface area contributed by atoms with Crippen LogP contribution in [-0.4, -0.2) is 62.9 Å². The number of hydrogen-bond acceptors (Lipinski definition) is 10. The smallest absolute Gasteiger partial charge is 0.452 e. The van der Waals surface area contributed by atoms with Gasteiger partial charge in [-0.3, -0.25) is 24.1 Å². The molecule has 2 heterocycles. The molecule has 2 aliphatic rings. The molecule has 0 spiro atoms. The van der Waals surface area contributed by atoms with Crippen LogP contribution in [0.15, 0.2) is 11.3 Å². The highest BCUT2D eigenvalue weighted by Crippen LogP contribution is 2.44. The topological polar surface area (TPSA) is 163 Å². The van der Waals surface area contributed by atoms with Crippen LogP contribution < -0.4 is 5.73 Å². The number of ether oxygens (including phenoxy) is 3. The number of carboxylic acids is 1. The first-order valence-corrected chi connectivity index (χ1v) is 8.31. The van der Waals surface area contributed by atoms with Crippen molar-refractivity contribution in [1.82, 2.24) is 4.90 Å². The summed E-state index contributed by atoms with van der Waals surface area (Å²) in [5, 5.41) is 8.93. The largest absolute Gasteiger partial charge is 0.477 e. The van der Waals surface area contributed by atoms with Gasteiger partial charge in [-0.1, -0.05) is 0 Å². The normalized spacial score (nSPS) is 22.2. The van der Waals surface area contributed by atoms with Crippen LogP contribution in [0.5, 0.6) is 0 Å². The summed E-state index contributed by atoms with van der Waals surface area (Å²) in [5.74, 6) is -8.20. The van der Waals surface area contributed by atoms with Crippen molar-refractivity contribution in [2.24, 2.45) is 5.73 Å². The number of nitrogens with zero attached hydrogens (tertiary/aromatic N) is 1. The van der Waals surface area contributed by atoms with Crippen LogP contribution in [-0.2, 0) is 38.2 Å². The van der Waals surface area contributed by atoms with Gasteiger partial charge in [0, 0.05) is 26.5 Å². The summed E-state index contributed by atoms with van der Waals surface area (Å²) in [5.41, 5.74) is 4.65. The standard InChI is InChI=1S/C14H16N2O9S/c1-5(17)23-14(24-6(2)18,25-7(3)19)8-4-26-12-9(15)11(20)16(12)10(8)13(21)22/h9,12H,4,15H2,1-3H3,(H,21,22)/t9-,12-/m1/s1. The molecule has 26 heavy (non-hydrogen) atoms. The van der Waals surface area contributed by atoms with E-state index >= 15 is 0 Å². The molecule has 11 nitrogen and oxygen atoms in total. The number of amides is 1. The van der Waals surface area contributed by atoms with Gasteiger partial charge in [0.1, 0.15) is 22.7 Å². The van der Waals surface area contributed by atoms with Gasteiger partial charge in [0.25, 0.3) is 0 Å². The Hall–Kier alpha value is -2.60. The summed E-state index contributed by atoms with van der Waals surface area (Å²) in [7, 11) is 0. The summed E-state index contributed by atoms with van der Waals surface area (Å²) in [6.45, 7) is 2.85. The molecule has 1 amide bonds. The Labute approximate surface area is 151 Å². The monoisotopic (exact) mass is 388 g/mol. The van der Waals surface area contributed by atoms with Gasteiger partial charge < -0.3 is 25.1 Å². The van der Waals surface area contributed by atoms with E-state index < -0.39 is 52.9 Å². The Balaban J connectivity index is 2.67. The average Bonchev–Trinajstić information content (AvgIpc) is 2.50. The lowest BCUT2D eigenvalue weighted by Crippen LogP contribution is -2.69. The molecule has 1 saturated heterocycles. The highest BCUT2D eigenvalue weighted by Gasteiger charge is 2.58. The van der Waals surface area contributed by atoms with Crippen molar-refractivity contribution in [3.05, 3.63) is 11.3 Å². The maximum absolute atomic E-state index is 12.0. The fourth-order valence-electron chi connectivity index (χ4n) is 2.57. The van der Waals surface area contributed by atoms with Crippen LogP contribution in [0.2, 0.25) is 0 Å². The Morgan fingerprint density at radius 2 is 1.58 bits per heavy atom. The zero-order chi connectivity index (χ0) is 19.8. The third-order valence-electron chi connectivity index (χ3n) is 3.42. The molecule has 0 aromatic rings. The summed E-state index contributed by atoms with van der Waals surface area (Å²) in [6, 6.07) is -0.901. The highest BCUT2D eigenvalue weighted by molar-refractivity contribution is 8.00. The molecule has 0 aromatic heterocycles. The van der Waals surface area contributed by atoms with Crippen molar-refractivity contribution >= 4 is 41.5 Å². The van der Waals surface area contributed by atoms with Gasteiger partial charge in [0.2, 0.25) is 5.91 Å². The van der Waals surface area contributed by atoms with E-state index in [4.69, 9.17) is 19.9 Å². The molecule has 0 saturated carbocycles. The van der Waals surface area contributed by atoms with Crippen LogP contribution in [0.1, 0.15) is 20.8 Å². The Morgan fingerprint density at radius 3 is 1.96 bits per heavy atom. The van der Waals surface area contributed by atoms with E-state index in [1.165, 1.54) is 0 Å². The summed E-state index contributed by atoms with van der Waals surface area (Å²) in [6.07, 6.45) is 0. The molecule has 2 atom stereocenters. The second-order valence-corrected chi connectivity index (χ2v) is 6.51. The van der Waals surface area contributed by atoms with E-state index in [9.17, 15) is 29.1 Å².